The van der Waals surface area contributed by atoms with Crippen molar-refractivity contribution < 1.29 is 4.79 Å². The molecule has 3 heteroatoms. The van der Waals surface area contributed by atoms with E-state index in [0.29, 0.717) is 11.8 Å². The van der Waals surface area contributed by atoms with Gasteiger partial charge in [-0.3, -0.25) is 9.69 Å². The molecule has 2 aromatic carbocycles. The van der Waals surface area contributed by atoms with Crippen LogP contribution in [0.1, 0.15) is 42.6 Å². The number of hydrogen-bond acceptors (Lipinski definition) is 2. The van der Waals surface area contributed by atoms with Gasteiger partial charge in [-0.15, -0.1) is 0 Å². The highest BCUT2D eigenvalue weighted by Crippen LogP contribution is 2.39. The second-order valence-electron chi connectivity index (χ2n) is 7.67. The van der Waals surface area contributed by atoms with Crippen molar-refractivity contribution in [3.05, 3.63) is 71.3 Å². The monoisotopic (exact) mass is 346 g/mol. The van der Waals surface area contributed by atoms with Crippen LogP contribution in [0.5, 0.6) is 0 Å². The first-order valence-electron chi connectivity index (χ1n) is 9.48. The fraction of sp³-hybridized carbons (Fsp3) is 0.348. The van der Waals surface area contributed by atoms with Crippen LogP contribution in [0.15, 0.2) is 60.2 Å². The van der Waals surface area contributed by atoms with E-state index >= 15 is 0 Å². The molecular formula is C23H26N2O. The zero-order chi connectivity index (χ0) is 18.3. The number of nitrogens with zero attached hydrogens (tertiary/aromatic N) is 1. The highest BCUT2D eigenvalue weighted by atomic mass is 16.2. The van der Waals surface area contributed by atoms with Crippen molar-refractivity contribution in [2.45, 2.75) is 39.8 Å². The molecule has 0 radical (unpaired) electrons. The van der Waals surface area contributed by atoms with E-state index in [4.69, 9.17) is 0 Å². The first kappa shape index (κ1) is 16.9. The van der Waals surface area contributed by atoms with E-state index in [1.54, 1.807) is 0 Å². The van der Waals surface area contributed by atoms with Crippen molar-refractivity contribution in [2.75, 3.05) is 10.2 Å². The Morgan fingerprint density at radius 1 is 1.04 bits per heavy atom. The van der Waals surface area contributed by atoms with Crippen LogP contribution in [-0.2, 0) is 0 Å². The quantitative estimate of drug-likeness (QED) is 0.740. The number of allylic oxidation sites excluding steroid dienone is 2. The third-order valence-electron chi connectivity index (χ3n) is 5.83. The summed E-state index contributed by atoms with van der Waals surface area (Å²) in [5, 5.41) is 3.69. The lowest BCUT2D eigenvalue weighted by molar-refractivity contribution is 0.0959. The lowest BCUT2D eigenvalue weighted by atomic mass is 9.79. The fourth-order valence-corrected chi connectivity index (χ4v) is 4.43. The van der Waals surface area contributed by atoms with E-state index in [2.05, 4.69) is 44.3 Å². The number of carbonyl (C=O) groups is 1. The Balaban J connectivity index is 1.82. The summed E-state index contributed by atoms with van der Waals surface area (Å²) in [5.74, 6) is 0.915. The van der Waals surface area contributed by atoms with Crippen molar-refractivity contribution in [1.29, 1.82) is 0 Å². The Hall–Kier alpha value is -2.55. The van der Waals surface area contributed by atoms with Crippen molar-refractivity contribution in [3.63, 3.8) is 0 Å². The lowest BCUT2D eigenvalue weighted by Gasteiger charge is -2.45. The molecule has 0 aromatic heterocycles. The van der Waals surface area contributed by atoms with Gasteiger partial charge >= 0.3 is 0 Å². The molecule has 2 aliphatic rings. The summed E-state index contributed by atoms with van der Waals surface area (Å²) in [6.45, 7) is 6.56. The normalized spacial score (nSPS) is 25.3. The largest absolute Gasteiger partial charge is 0.364 e. The average molecular weight is 346 g/mol. The fourth-order valence-electron chi connectivity index (χ4n) is 4.43. The number of para-hydroxylation sites is 2. The molecule has 0 saturated carbocycles. The Kier molecular flexibility index (Phi) is 4.31. The zero-order valence-corrected chi connectivity index (χ0v) is 15.7. The van der Waals surface area contributed by atoms with Crippen LogP contribution in [0, 0.1) is 18.8 Å². The van der Waals surface area contributed by atoms with Crippen LogP contribution in [0.4, 0.5) is 11.4 Å². The van der Waals surface area contributed by atoms with E-state index in [1.165, 1.54) is 5.57 Å². The van der Waals surface area contributed by atoms with E-state index < -0.39 is 0 Å². The van der Waals surface area contributed by atoms with E-state index in [-0.39, 0.29) is 12.1 Å². The molecule has 3 atom stereocenters. The second-order valence-corrected chi connectivity index (χ2v) is 7.67. The lowest BCUT2D eigenvalue weighted by Crippen LogP contribution is -2.54. The molecule has 2 aromatic rings. The van der Waals surface area contributed by atoms with E-state index in [1.807, 2.05) is 41.3 Å². The van der Waals surface area contributed by atoms with Gasteiger partial charge < -0.3 is 5.32 Å². The van der Waals surface area contributed by atoms with Crippen LogP contribution in [0.3, 0.4) is 0 Å². The number of carbonyl (C=O) groups excluding carboxylic acids is 1. The Labute approximate surface area is 155 Å². The van der Waals surface area contributed by atoms with Crippen LogP contribution in [-0.4, -0.2) is 12.1 Å². The highest BCUT2D eigenvalue weighted by Gasteiger charge is 2.40. The van der Waals surface area contributed by atoms with E-state index in [9.17, 15) is 4.79 Å². The predicted molar refractivity (Wildman–Crippen MR) is 107 cm³/mol. The van der Waals surface area contributed by atoms with Gasteiger partial charge in [0.25, 0.3) is 5.91 Å². The van der Waals surface area contributed by atoms with Gasteiger partial charge in [-0.25, -0.2) is 0 Å². The molecule has 0 fully saturated rings. The maximum atomic E-state index is 13.5. The van der Waals surface area contributed by atoms with Gasteiger partial charge in [0.05, 0.1) is 5.56 Å². The number of fused-ring (bicyclic) bond motifs is 1. The van der Waals surface area contributed by atoms with Gasteiger partial charge in [-0.1, -0.05) is 48.9 Å². The minimum Gasteiger partial charge on any atom is -0.364 e. The van der Waals surface area contributed by atoms with Gasteiger partial charge in [0, 0.05) is 17.3 Å². The molecule has 0 spiro atoms. The minimum absolute atomic E-state index is 0.0298. The highest BCUT2D eigenvalue weighted by molar-refractivity contribution is 6.12. The van der Waals surface area contributed by atoms with Crippen molar-refractivity contribution in [2.24, 2.45) is 11.8 Å². The Morgan fingerprint density at radius 3 is 2.54 bits per heavy atom. The summed E-state index contributed by atoms with van der Waals surface area (Å²) < 4.78 is 0. The number of benzene rings is 2. The third kappa shape index (κ3) is 2.82. The summed E-state index contributed by atoms with van der Waals surface area (Å²) in [6.07, 6.45) is 4.54. The second kappa shape index (κ2) is 6.64. The van der Waals surface area contributed by atoms with Gasteiger partial charge in [0.15, 0.2) is 0 Å². The van der Waals surface area contributed by atoms with Crippen LogP contribution < -0.4 is 10.2 Å². The summed E-state index contributed by atoms with van der Waals surface area (Å²) in [5.41, 5.74) is 5.29. The summed E-state index contributed by atoms with van der Waals surface area (Å²) in [4.78, 5) is 15.5. The van der Waals surface area contributed by atoms with Crippen LogP contribution >= 0.6 is 0 Å². The number of nitrogens with one attached hydrogen (secondary N) is 1. The van der Waals surface area contributed by atoms with Crippen LogP contribution in [0.25, 0.3) is 0 Å². The van der Waals surface area contributed by atoms with Gasteiger partial charge in [-0.2, -0.15) is 0 Å². The standard InChI is InChI=1S/C23H26N2O/c1-15-12-13-18(17(3)14-15)22-24-20-10-6-5-9-19(20)23(26)25(22)21-11-7-4-8-16(21)2/h4-11,14,17-18,22,24H,12-13H2,1-3H3/t17-,18-,22-/m0/s1. The number of anilines is 2. The minimum atomic E-state index is -0.0298. The Morgan fingerprint density at radius 2 is 1.77 bits per heavy atom. The molecule has 1 N–H and O–H groups in total. The van der Waals surface area contributed by atoms with Crippen molar-refractivity contribution >= 4 is 17.3 Å². The van der Waals surface area contributed by atoms with Crippen molar-refractivity contribution in [3.8, 4) is 0 Å². The molecule has 1 amide bonds. The molecular weight excluding hydrogens is 320 g/mol. The molecule has 4 rings (SSSR count). The third-order valence-corrected chi connectivity index (χ3v) is 5.83. The molecule has 1 aliphatic heterocycles. The topological polar surface area (TPSA) is 32.3 Å². The first-order chi connectivity index (χ1) is 12.6. The summed E-state index contributed by atoms with van der Waals surface area (Å²) >= 11 is 0. The summed E-state index contributed by atoms with van der Waals surface area (Å²) in [7, 11) is 0. The van der Waals surface area contributed by atoms with Gasteiger partial charge in [0.1, 0.15) is 6.17 Å². The van der Waals surface area contributed by atoms with Crippen LogP contribution in [0.2, 0.25) is 0 Å². The molecule has 134 valence electrons. The number of aryl methyl sites for hydroxylation is 1. The Bertz CT molecular complexity index is 870. The molecule has 0 bridgehead atoms. The maximum absolute atomic E-state index is 13.5. The number of rotatable bonds is 2. The predicted octanol–water partition coefficient (Wildman–Crippen LogP) is 5.39. The van der Waals surface area contributed by atoms with E-state index in [0.717, 1.165) is 35.3 Å². The smallest absolute Gasteiger partial charge is 0.262 e. The molecule has 26 heavy (non-hydrogen) atoms. The SMILES string of the molecule is CC1=C[C@H](C)[C@@H]([C@H]2Nc3ccccc3C(=O)N2c2ccccc2C)CC1. The molecule has 1 heterocycles. The first-order valence-corrected chi connectivity index (χ1v) is 9.48. The number of hydrogen-bond donors (Lipinski definition) is 1. The molecule has 1 aliphatic carbocycles. The molecule has 0 saturated heterocycles. The zero-order valence-electron chi connectivity index (χ0n) is 15.7. The summed E-state index contributed by atoms with van der Waals surface area (Å²) in [6, 6.07) is 16.0. The molecule has 0 unspecified atom stereocenters. The van der Waals surface area contributed by atoms with Gasteiger partial charge in [-0.05, 0) is 56.4 Å². The van der Waals surface area contributed by atoms with Crippen molar-refractivity contribution in [1.82, 2.24) is 0 Å². The molecule has 3 nitrogen and oxygen atoms in total. The van der Waals surface area contributed by atoms with Gasteiger partial charge in [0.2, 0.25) is 0 Å². The number of amides is 1. The maximum Gasteiger partial charge on any atom is 0.262 e. The average Bonchev–Trinajstić information content (AvgIpc) is 2.63.